The molecule has 0 fully saturated rings. The van der Waals surface area contributed by atoms with E-state index in [1.807, 2.05) is 18.2 Å². The summed E-state index contributed by atoms with van der Waals surface area (Å²) in [6, 6.07) is 16.8. The van der Waals surface area contributed by atoms with E-state index < -0.39 is 10.0 Å². The van der Waals surface area contributed by atoms with Crippen molar-refractivity contribution in [2.75, 3.05) is 11.9 Å². The molecular formula is C19H17N5O4S. The molecule has 9 nitrogen and oxygen atoms in total. The Balaban J connectivity index is 1.54. The fourth-order valence-electron chi connectivity index (χ4n) is 3.12. The first-order chi connectivity index (χ1) is 13.8. The number of sulfonamides is 1. The average Bonchev–Trinajstić information content (AvgIpc) is 2.70. The molecule has 0 bridgehead atoms. The molecular weight excluding hydrogens is 394 g/mol. The predicted octanol–water partition coefficient (Wildman–Crippen LogP) is 0.957. The Morgan fingerprint density at radius 1 is 0.966 bits per heavy atom. The number of hydrogen-bond acceptors (Lipinski definition) is 6. The maximum Gasteiger partial charge on any atom is 0.460 e. The van der Waals surface area contributed by atoms with Crippen molar-refractivity contribution in [3.05, 3.63) is 76.6 Å². The maximum absolute atomic E-state index is 12.4. The number of nitrogens with zero attached hydrogens (tertiary/aromatic N) is 3. The molecule has 0 aliphatic carbocycles. The van der Waals surface area contributed by atoms with Gasteiger partial charge in [0.15, 0.2) is 5.52 Å². The number of nitrogens with one attached hydrogen (secondary N) is 1. The highest BCUT2D eigenvalue weighted by Crippen LogP contribution is 2.20. The van der Waals surface area contributed by atoms with Crippen LogP contribution in [0.15, 0.2) is 65.6 Å². The second-order valence-corrected chi connectivity index (χ2v) is 8.11. The van der Waals surface area contributed by atoms with E-state index in [0.717, 1.165) is 16.3 Å². The average molecular weight is 411 g/mol. The van der Waals surface area contributed by atoms with Crippen molar-refractivity contribution in [1.29, 1.82) is 0 Å². The third-order valence-electron chi connectivity index (χ3n) is 4.59. The molecule has 0 amide bonds. The number of fused-ring (bicyclic) bond motifs is 2. The Morgan fingerprint density at radius 3 is 2.45 bits per heavy atom. The first-order valence-corrected chi connectivity index (χ1v) is 10.3. The molecule has 1 heterocycles. The van der Waals surface area contributed by atoms with Crippen molar-refractivity contribution >= 4 is 37.8 Å². The van der Waals surface area contributed by atoms with E-state index in [9.17, 15) is 18.8 Å². The van der Waals surface area contributed by atoms with Crippen LogP contribution in [0.1, 0.15) is 5.56 Å². The van der Waals surface area contributed by atoms with E-state index in [4.69, 9.17) is 5.14 Å². The molecule has 4 rings (SSSR count). The molecule has 1 aromatic heterocycles. The molecule has 3 aromatic carbocycles. The van der Waals surface area contributed by atoms with E-state index >= 15 is 0 Å². The van der Waals surface area contributed by atoms with Crippen LogP contribution in [0, 0.1) is 10.4 Å². The zero-order valence-corrected chi connectivity index (χ0v) is 16.0. The summed E-state index contributed by atoms with van der Waals surface area (Å²) < 4.78 is 23.7. The summed E-state index contributed by atoms with van der Waals surface area (Å²) >= 11 is 0. The number of rotatable bonds is 5. The third-order valence-corrected chi connectivity index (χ3v) is 5.50. The van der Waals surface area contributed by atoms with Crippen molar-refractivity contribution in [1.82, 2.24) is 5.10 Å². The molecule has 0 unspecified atom stereocenters. The van der Waals surface area contributed by atoms with Gasteiger partial charge in [0.2, 0.25) is 15.1 Å². The Kier molecular flexibility index (Phi) is 4.65. The number of aromatic nitrogens is 3. The fourth-order valence-corrected chi connectivity index (χ4v) is 3.67. The molecule has 3 N–H and O–H groups in total. The van der Waals surface area contributed by atoms with Crippen LogP contribution in [0.5, 0.6) is 0 Å². The number of benzene rings is 3. The summed E-state index contributed by atoms with van der Waals surface area (Å²) in [5, 5.41) is 37.8. The highest BCUT2D eigenvalue weighted by molar-refractivity contribution is 7.89. The Hall–Kier alpha value is -3.50. The predicted molar refractivity (Wildman–Crippen MR) is 107 cm³/mol. The molecule has 148 valence electrons. The molecule has 0 radical (unpaired) electrons. The minimum absolute atomic E-state index is 0.0491. The third kappa shape index (κ3) is 3.75. The summed E-state index contributed by atoms with van der Waals surface area (Å²) in [4.78, 5) is 0.463. The second-order valence-electron chi connectivity index (χ2n) is 6.54. The molecule has 0 spiro atoms. The fraction of sp³-hybridized carbons (Fsp3) is 0.105. The highest BCUT2D eigenvalue weighted by Gasteiger charge is 2.19. The van der Waals surface area contributed by atoms with E-state index in [1.54, 1.807) is 24.3 Å². The van der Waals surface area contributed by atoms with Crippen LogP contribution >= 0.6 is 0 Å². The van der Waals surface area contributed by atoms with Crippen molar-refractivity contribution in [2.45, 2.75) is 11.3 Å². The molecule has 10 heteroatoms. The van der Waals surface area contributed by atoms with Gasteiger partial charge in [-0.1, -0.05) is 36.4 Å². The first kappa shape index (κ1) is 18.8. The second kappa shape index (κ2) is 7.15. The Labute approximate surface area is 166 Å². The van der Waals surface area contributed by atoms with Crippen LogP contribution in [0.25, 0.3) is 21.8 Å². The zero-order chi connectivity index (χ0) is 20.6. The molecule has 0 saturated heterocycles. The topological polar surface area (TPSA) is 139 Å². The van der Waals surface area contributed by atoms with Crippen LogP contribution in [0.3, 0.4) is 0 Å². The quantitative estimate of drug-likeness (QED) is 0.370. The van der Waals surface area contributed by atoms with Crippen molar-refractivity contribution in [3.8, 4) is 0 Å². The molecule has 0 saturated carbocycles. The van der Waals surface area contributed by atoms with Gasteiger partial charge in [-0.3, -0.25) is 5.32 Å². The van der Waals surface area contributed by atoms with Gasteiger partial charge < -0.3 is 10.4 Å². The van der Waals surface area contributed by atoms with Gasteiger partial charge >= 0.3 is 5.95 Å². The van der Waals surface area contributed by atoms with Crippen molar-refractivity contribution < 1.29 is 18.0 Å². The van der Waals surface area contributed by atoms with E-state index in [1.165, 1.54) is 18.2 Å². The van der Waals surface area contributed by atoms with E-state index in [2.05, 4.69) is 10.4 Å². The Bertz CT molecular complexity index is 1340. The summed E-state index contributed by atoms with van der Waals surface area (Å²) in [7, 11) is -3.78. The van der Waals surface area contributed by atoms with Gasteiger partial charge in [-0.2, -0.15) is 0 Å². The van der Waals surface area contributed by atoms with Gasteiger partial charge in [0.1, 0.15) is 0 Å². The largest absolute Gasteiger partial charge is 0.739 e. The van der Waals surface area contributed by atoms with Crippen molar-refractivity contribution in [2.24, 2.45) is 5.14 Å². The van der Waals surface area contributed by atoms with Crippen LogP contribution in [0.2, 0.25) is 0 Å². The molecule has 0 aliphatic heterocycles. The number of nitrogens with two attached hydrogens (primary N) is 1. The Morgan fingerprint density at radius 2 is 1.69 bits per heavy atom. The van der Waals surface area contributed by atoms with Crippen LogP contribution in [0.4, 0.5) is 5.95 Å². The van der Waals surface area contributed by atoms with Crippen molar-refractivity contribution in [3.63, 3.8) is 0 Å². The lowest BCUT2D eigenvalue weighted by molar-refractivity contribution is -0.672. The first-order valence-electron chi connectivity index (χ1n) is 8.74. The smallest absolute Gasteiger partial charge is 0.460 e. The minimum Gasteiger partial charge on any atom is -0.739 e. The molecule has 0 atom stereocenters. The number of para-hydroxylation sites is 2. The molecule has 0 aliphatic rings. The van der Waals surface area contributed by atoms with E-state index in [-0.39, 0.29) is 21.9 Å². The van der Waals surface area contributed by atoms with Gasteiger partial charge in [0, 0.05) is 17.3 Å². The summed E-state index contributed by atoms with van der Waals surface area (Å²) in [6.07, 6.45) is 0.531. The van der Waals surface area contributed by atoms with Gasteiger partial charge in [-0.25, -0.2) is 18.3 Å². The van der Waals surface area contributed by atoms with Crippen LogP contribution in [-0.4, -0.2) is 20.1 Å². The SMILES string of the molecule is NS(=O)(=O)c1ccc2ccc(CCNc3n[n+]([O-])c4ccccc4[n+]3[O-])cc2c1. The van der Waals surface area contributed by atoms with Gasteiger partial charge in [-0.05, 0) is 34.5 Å². The number of anilines is 1. The highest BCUT2D eigenvalue weighted by atomic mass is 32.2. The zero-order valence-electron chi connectivity index (χ0n) is 15.1. The number of primary sulfonamides is 1. The van der Waals surface area contributed by atoms with Gasteiger partial charge in [-0.15, -0.1) is 0 Å². The lowest BCUT2D eigenvalue weighted by Crippen LogP contribution is -2.44. The monoisotopic (exact) mass is 411 g/mol. The minimum atomic E-state index is -3.78. The van der Waals surface area contributed by atoms with Gasteiger partial charge in [0.05, 0.1) is 11.4 Å². The van der Waals surface area contributed by atoms with E-state index in [0.29, 0.717) is 22.5 Å². The standard InChI is InChI=1S/C19H17N5O4S/c20-29(27,28)16-8-7-14-6-5-13(11-15(14)12-16)9-10-21-19-22-24(26)18-4-2-1-3-17(18)23(19)25/h1-8,11-12H,9-10H2,(H,21,22)(H2,20,27,28). The van der Waals surface area contributed by atoms with Crippen LogP contribution < -0.4 is 20.0 Å². The summed E-state index contributed by atoms with van der Waals surface area (Å²) in [5.74, 6) is -0.0870. The molecule has 4 aromatic rings. The van der Waals surface area contributed by atoms with Crippen LogP contribution in [-0.2, 0) is 16.4 Å². The number of hydrogen-bond donors (Lipinski definition) is 2. The summed E-state index contributed by atoms with van der Waals surface area (Å²) in [6.45, 7) is 0.355. The normalized spacial score (nSPS) is 11.8. The summed E-state index contributed by atoms with van der Waals surface area (Å²) in [5.41, 5.74) is 1.33. The maximum atomic E-state index is 12.4. The van der Waals surface area contributed by atoms with Gasteiger partial charge in [0.25, 0.3) is 5.52 Å². The molecule has 29 heavy (non-hydrogen) atoms. The lowest BCUT2D eigenvalue weighted by Gasteiger charge is -2.10. The lowest BCUT2D eigenvalue weighted by atomic mass is 10.1.